The van der Waals surface area contributed by atoms with Gasteiger partial charge in [0.15, 0.2) is 0 Å². The zero-order chi connectivity index (χ0) is 10.7. The van der Waals surface area contributed by atoms with Gasteiger partial charge >= 0.3 is 5.97 Å². The van der Waals surface area contributed by atoms with Crippen molar-refractivity contribution in [1.29, 1.82) is 0 Å². The van der Waals surface area contributed by atoms with Crippen molar-refractivity contribution in [1.82, 2.24) is 0 Å². The number of nitrogens with two attached hydrogens (primary N) is 1. The molecule has 0 saturated heterocycles. The van der Waals surface area contributed by atoms with Crippen molar-refractivity contribution in [2.75, 3.05) is 20.0 Å². The lowest BCUT2D eigenvalue weighted by molar-refractivity contribution is 0.0601. The van der Waals surface area contributed by atoms with Gasteiger partial charge in [0.2, 0.25) is 0 Å². The van der Waals surface area contributed by atoms with Crippen LogP contribution in [0.25, 0.3) is 0 Å². The molecule has 2 N–H and O–H groups in total. The molecule has 0 amide bonds. The molecule has 1 rings (SSSR count). The number of methoxy groups -OCH3 is 2. The molecular formula is C9H10ClNO3. The highest BCUT2D eigenvalue weighted by Crippen LogP contribution is 2.32. The second-order valence-electron chi connectivity index (χ2n) is 2.53. The Hall–Kier alpha value is -1.42. The minimum absolute atomic E-state index is 0.149. The first-order valence-corrected chi connectivity index (χ1v) is 4.20. The highest BCUT2D eigenvalue weighted by molar-refractivity contribution is 6.36. The minimum Gasteiger partial charge on any atom is -0.495 e. The van der Waals surface area contributed by atoms with Crippen LogP contribution >= 0.6 is 11.6 Å². The van der Waals surface area contributed by atoms with Gasteiger partial charge in [-0.1, -0.05) is 11.6 Å². The van der Waals surface area contributed by atoms with Gasteiger partial charge in [0, 0.05) is 0 Å². The third kappa shape index (κ3) is 1.75. The van der Waals surface area contributed by atoms with Crippen molar-refractivity contribution in [2.45, 2.75) is 0 Å². The third-order valence-electron chi connectivity index (χ3n) is 1.76. The minimum atomic E-state index is -0.524. The molecule has 5 heteroatoms. The fourth-order valence-electron chi connectivity index (χ4n) is 1.02. The fraction of sp³-hybridized carbons (Fsp3) is 0.222. The molecule has 0 saturated carbocycles. The van der Waals surface area contributed by atoms with E-state index in [1.807, 2.05) is 0 Å². The van der Waals surface area contributed by atoms with E-state index in [1.165, 1.54) is 20.3 Å². The van der Waals surface area contributed by atoms with Crippen molar-refractivity contribution < 1.29 is 14.3 Å². The first kappa shape index (κ1) is 10.7. The van der Waals surface area contributed by atoms with Crippen LogP contribution in [0.1, 0.15) is 10.4 Å². The molecule has 0 aromatic heterocycles. The SMILES string of the molecule is COC(=O)c1ccc(OC)c(N)c1Cl. The number of carbonyl (C=O) groups excluding carboxylic acids is 1. The molecular weight excluding hydrogens is 206 g/mol. The first-order valence-electron chi connectivity index (χ1n) is 3.82. The van der Waals surface area contributed by atoms with Crippen LogP contribution in [-0.4, -0.2) is 20.2 Å². The monoisotopic (exact) mass is 215 g/mol. The van der Waals surface area contributed by atoms with E-state index in [4.69, 9.17) is 22.1 Å². The summed E-state index contributed by atoms with van der Waals surface area (Å²) in [7, 11) is 2.75. The number of hydrogen-bond acceptors (Lipinski definition) is 4. The molecule has 0 fully saturated rings. The molecule has 1 aromatic carbocycles. The van der Waals surface area contributed by atoms with Crippen LogP contribution in [0.4, 0.5) is 5.69 Å². The lowest BCUT2D eigenvalue weighted by Crippen LogP contribution is -2.04. The number of esters is 1. The van der Waals surface area contributed by atoms with E-state index < -0.39 is 5.97 Å². The van der Waals surface area contributed by atoms with Crippen molar-refractivity contribution in [3.05, 3.63) is 22.7 Å². The van der Waals surface area contributed by atoms with E-state index in [9.17, 15) is 4.79 Å². The summed E-state index contributed by atoms with van der Waals surface area (Å²) in [4.78, 5) is 11.2. The van der Waals surface area contributed by atoms with Crippen molar-refractivity contribution in [3.63, 3.8) is 0 Å². The third-order valence-corrected chi connectivity index (χ3v) is 2.17. The number of halogens is 1. The summed E-state index contributed by atoms with van der Waals surface area (Å²) in [6, 6.07) is 3.07. The maximum Gasteiger partial charge on any atom is 0.339 e. The lowest BCUT2D eigenvalue weighted by atomic mass is 10.2. The molecule has 0 bridgehead atoms. The number of benzene rings is 1. The van der Waals surface area contributed by atoms with Crippen molar-refractivity contribution in [2.24, 2.45) is 0 Å². The standard InChI is InChI=1S/C9H10ClNO3/c1-13-6-4-3-5(9(12)14-2)7(10)8(6)11/h3-4H,11H2,1-2H3. The van der Waals surface area contributed by atoms with Gasteiger partial charge in [-0.05, 0) is 12.1 Å². The van der Waals surface area contributed by atoms with Gasteiger partial charge in [-0.2, -0.15) is 0 Å². The molecule has 14 heavy (non-hydrogen) atoms. The van der Waals surface area contributed by atoms with Gasteiger partial charge in [0.1, 0.15) is 5.75 Å². The highest BCUT2D eigenvalue weighted by Gasteiger charge is 2.15. The van der Waals surface area contributed by atoms with Gasteiger partial charge in [0.05, 0.1) is 30.5 Å². The Bertz CT molecular complexity index is 365. The molecule has 0 spiro atoms. The van der Waals surface area contributed by atoms with Crippen LogP contribution in [0, 0.1) is 0 Å². The smallest absolute Gasteiger partial charge is 0.339 e. The number of carbonyl (C=O) groups is 1. The summed E-state index contributed by atoms with van der Waals surface area (Å²) >= 11 is 5.84. The average molecular weight is 216 g/mol. The second kappa shape index (κ2) is 4.19. The van der Waals surface area contributed by atoms with E-state index >= 15 is 0 Å². The summed E-state index contributed by atoms with van der Waals surface area (Å²) in [6.07, 6.45) is 0. The second-order valence-corrected chi connectivity index (χ2v) is 2.91. The predicted molar refractivity (Wildman–Crippen MR) is 53.8 cm³/mol. The van der Waals surface area contributed by atoms with Crippen molar-refractivity contribution in [3.8, 4) is 5.75 Å². The Morgan fingerprint density at radius 2 is 2.07 bits per heavy atom. The number of nitrogen functional groups attached to an aromatic ring is 1. The maximum atomic E-state index is 11.2. The zero-order valence-electron chi connectivity index (χ0n) is 7.83. The van der Waals surface area contributed by atoms with Gasteiger partial charge in [-0.15, -0.1) is 0 Å². The first-order chi connectivity index (χ1) is 6.61. The maximum absolute atomic E-state index is 11.2. The largest absolute Gasteiger partial charge is 0.495 e. The van der Waals surface area contributed by atoms with Crippen LogP contribution in [0.5, 0.6) is 5.75 Å². The van der Waals surface area contributed by atoms with Gasteiger partial charge < -0.3 is 15.2 Å². The average Bonchev–Trinajstić information content (AvgIpc) is 2.21. The Morgan fingerprint density at radius 3 is 2.57 bits per heavy atom. The lowest BCUT2D eigenvalue weighted by Gasteiger charge is -2.08. The van der Waals surface area contributed by atoms with Crippen LogP contribution in [0.15, 0.2) is 12.1 Å². The normalized spacial score (nSPS) is 9.64. The quantitative estimate of drug-likeness (QED) is 0.603. The molecule has 1 aromatic rings. The number of anilines is 1. The molecule has 0 heterocycles. The number of hydrogen-bond donors (Lipinski definition) is 1. The summed E-state index contributed by atoms with van der Waals surface area (Å²) < 4.78 is 9.46. The van der Waals surface area contributed by atoms with Crippen LogP contribution in [-0.2, 0) is 4.74 Å². The van der Waals surface area contributed by atoms with Crippen LogP contribution in [0.2, 0.25) is 5.02 Å². The van der Waals surface area contributed by atoms with E-state index in [2.05, 4.69) is 4.74 Å². The van der Waals surface area contributed by atoms with Gasteiger partial charge in [0.25, 0.3) is 0 Å². The Labute approximate surface area is 86.6 Å². The topological polar surface area (TPSA) is 61.5 Å². The molecule has 76 valence electrons. The Kier molecular flexibility index (Phi) is 3.19. The van der Waals surface area contributed by atoms with E-state index in [0.29, 0.717) is 5.75 Å². The number of ether oxygens (including phenoxy) is 2. The zero-order valence-corrected chi connectivity index (χ0v) is 8.59. The fourth-order valence-corrected chi connectivity index (χ4v) is 1.25. The molecule has 0 radical (unpaired) electrons. The highest BCUT2D eigenvalue weighted by atomic mass is 35.5. The summed E-state index contributed by atoms with van der Waals surface area (Å²) in [5.74, 6) is -0.0907. The van der Waals surface area contributed by atoms with E-state index in [1.54, 1.807) is 6.07 Å². The Morgan fingerprint density at radius 1 is 1.43 bits per heavy atom. The molecule has 0 atom stereocenters. The molecule has 0 aliphatic heterocycles. The van der Waals surface area contributed by atoms with Crippen LogP contribution < -0.4 is 10.5 Å². The number of rotatable bonds is 2. The Balaban J connectivity index is 3.24. The van der Waals surface area contributed by atoms with Crippen molar-refractivity contribution >= 4 is 23.3 Å². The summed E-state index contributed by atoms with van der Waals surface area (Å²) in [6.45, 7) is 0. The molecule has 0 unspecified atom stereocenters. The van der Waals surface area contributed by atoms with Gasteiger partial charge in [-0.3, -0.25) is 0 Å². The van der Waals surface area contributed by atoms with E-state index in [0.717, 1.165) is 0 Å². The molecule has 4 nitrogen and oxygen atoms in total. The van der Waals surface area contributed by atoms with Gasteiger partial charge in [-0.25, -0.2) is 4.79 Å². The molecule has 0 aliphatic rings. The summed E-state index contributed by atoms with van der Waals surface area (Å²) in [5, 5.41) is 0.149. The molecule has 0 aliphatic carbocycles. The predicted octanol–water partition coefficient (Wildman–Crippen LogP) is 1.72. The summed E-state index contributed by atoms with van der Waals surface area (Å²) in [5.41, 5.74) is 6.08. The van der Waals surface area contributed by atoms with E-state index in [-0.39, 0.29) is 16.3 Å². The van der Waals surface area contributed by atoms with Crippen LogP contribution in [0.3, 0.4) is 0 Å².